The number of carbonyl (C=O) groups excluding carboxylic acids is 1. The lowest BCUT2D eigenvalue weighted by atomic mass is 10.1. The minimum absolute atomic E-state index is 0.127. The third-order valence-corrected chi connectivity index (χ3v) is 3.33. The van der Waals surface area contributed by atoms with Gasteiger partial charge in [-0.2, -0.15) is 0 Å². The largest absolute Gasteiger partial charge is 0.503 e. The first-order valence-electron chi connectivity index (χ1n) is 6.05. The lowest BCUT2D eigenvalue weighted by molar-refractivity contribution is 0.104. The molecule has 0 atom stereocenters. The number of hydrogen-bond donors (Lipinski definition) is 1. The molecule has 0 unspecified atom stereocenters. The van der Waals surface area contributed by atoms with Crippen LogP contribution in [-0.4, -0.2) is 18.0 Å². The van der Waals surface area contributed by atoms with Crippen molar-refractivity contribution in [1.29, 1.82) is 0 Å². The van der Waals surface area contributed by atoms with Crippen molar-refractivity contribution in [3.05, 3.63) is 63.6 Å². The van der Waals surface area contributed by atoms with Crippen molar-refractivity contribution >= 4 is 35.1 Å². The summed E-state index contributed by atoms with van der Waals surface area (Å²) in [5.41, 5.74) is 1.14. The second kappa shape index (κ2) is 6.66. The van der Waals surface area contributed by atoms with Gasteiger partial charge in [-0.1, -0.05) is 41.4 Å². The first-order chi connectivity index (χ1) is 10.0. The van der Waals surface area contributed by atoms with Crippen molar-refractivity contribution < 1.29 is 14.6 Å². The molecule has 0 amide bonds. The molecule has 0 spiro atoms. The maximum atomic E-state index is 12.0. The van der Waals surface area contributed by atoms with E-state index in [0.29, 0.717) is 16.1 Å². The van der Waals surface area contributed by atoms with Crippen LogP contribution in [0.3, 0.4) is 0 Å². The maximum Gasteiger partial charge on any atom is 0.185 e. The monoisotopic (exact) mass is 322 g/mol. The fraction of sp³-hybridized carbons (Fsp3) is 0.0625. The Kier molecular flexibility index (Phi) is 4.89. The van der Waals surface area contributed by atoms with Crippen molar-refractivity contribution in [3.63, 3.8) is 0 Å². The Morgan fingerprint density at radius 1 is 1.24 bits per heavy atom. The van der Waals surface area contributed by atoms with Gasteiger partial charge in [0.15, 0.2) is 17.3 Å². The summed E-state index contributed by atoms with van der Waals surface area (Å²) in [6.07, 6.45) is 3.00. The summed E-state index contributed by atoms with van der Waals surface area (Å²) in [5, 5.41) is 10.3. The molecule has 108 valence electrons. The molecule has 0 saturated heterocycles. The van der Waals surface area contributed by atoms with Gasteiger partial charge in [0, 0.05) is 10.6 Å². The van der Waals surface area contributed by atoms with Crippen LogP contribution in [0.25, 0.3) is 6.08 Å². The number of hydrogen-bond acceptors (Lipinski definition) is 3. The molecular formula is C16H12Cl2O3. The van der Waals surface area contributed by atoms with Gasteiger partial charge in [0.25, 0.3) is 0 Å². The average molecular weight is 323 g/mol. The van der Waals surface area contributed by atoms with E-state index in [1.54, 1.807) is 42.5 Å². The number of methoxy groups -OCH3 is 1. The van der Waals surface area contributed by atoms with Gasteiger partial charge in [-0.3, -0.25) is 4.79 Å². The quantitative estimate of drug-likeness (QED) is 0.660. The molecule has 2 rings (SSSR count). The standard InChI is InChI=1S/C16H12Cl2O3/c1-21-15-8-10(7-13(18)16(15)20)5-6-14(19)11-3-2-4-12(17)9-11/h2-9,20H,1H3/b6-5+. The number of phenols is 1. The van der Waals surface area contributed by atoms with Crippen molar-refractivity contribution in [2.75, 3.05) is 7.11 Å². The highest BCUT2D eigenvalue weighted by Crippen LogP contribution is 2.35. The Bertz CT molecular complexity index is 709. The molecule has 21 heavy (non-hydrogen) atoms. The number of rotatable bonds is 4. The Hall–Kier alpha value is -1.97. The third-order valence-electron chi connectivity index (χ3n) is 2.81. The van der Waals surface area contributed by atoms with Gasteiger partial charge < -0.3 is 9.84 Å². The summed E-state index contributed by atoms with van der Waals surface area (Å²) in [6.45, 7) is 0. The summed E-state index contributed by atoms with van der Waals surface area (Å²) in [4.78, 5) is 12.0. The Morgan fingerprint density at radius 3 is 2.67 bits per heavy atom. The molecule has 0 bridgehead atoms. The molecule has 0 aliphatic carbocycles. The first-order valence-corrected chi connectivity index (χ1v) is 6.81. The van der Waals surface area contributed by atoms with E-state index >= 15 is 0 Å². The van der Waals surface area contributed by atoms with Gasteiger partial charge in [-0.15, -0.1) is 0 Å². The van der Waals surface area contributed by atoms with E-state index in [9.17, 15) is 9.90 Å². The van der Waals surface area contributed by atoms with E-state index in [2.05, 4.69) is 0 Å². The minimum atomic E-state index is -0.180. The van der Waals surface area contributed by atoms with Gasteiger partial charge in [0.1, 0.15) is 0 Å². The van der Waals surface area contributed by atoms with E-state index in [-0.39, 0.29) is 22.3 Å². The fourth-order valence-electron chi connectivity index (χ4n) is 1.76. The van der Waals surface area contributed by atoms with Gasteiger partial charge in [-0.05, 0) is 35.9 Å². The molecule has 0 fully saturated rings. The average Bonchev–Trinajstić information content (AvgIpc) is 2.48. The van der Waals surface area contributed by atoms with E-state index < -0.39 is 0 Å². The van der Waals surface area contributed by atoms with Crippen LogP contribution in [0.2, 0.25) is 10.0 Å². The predicted octanol–water partition coefficient (Wildman–Crippen LogP) is 4.60. The highest BCUT2D eigenvalue weighted by molar-refractivity contribution is 6.32. The fourth-order valence-corrected chi connectivity index (χ4v) is 2.16. The molecule has 0 aliphatic heterocycles. The zero-order valence-electron chi connectivity index (χ0n) is 11.1. The molecular weight excluding hydrogens is 311 g/mol. The van der Waals surface area contributed by atoms with Crippen LogP contribution in [0.4, 0.5) is 0 Å². The van der Waals surface area contributed by atoms with Crippen molar-refractivity contribution in [2.45, 2.75) is 0 Å². The molecule has 2 aromatic carbocycles. The number of phenolic OH excluding ortho intramolecular Hbond substituents is 1. The van der Waals surface area contributed by atoms with Crippen LogP contribution in [0.1, 0.15) is 15.9 Å². The van der Waals surface area contributed by atoms with E-state index in [1.165, 1.54) is 13.2 Å². The summed E-state index contributed by atoms with van der Waals surface area (Å²) < 4.78 is 5.00. The zero-order valence-corrected chi connectivity index (χ0v) is 12.7. The zero-order chi connectivity index (χ0) is 15.4. The number of aromatic hydroxyl groups is 1. The van der Waals surface area contributed by atoms with Crippen LogP contribution < -0.4 is 4.74 Å². The number of benzene rings is 2. The molecule has 3 nitrogen and oxygen atoms in total. The Balaban J connectivity index is 2.25. The summed E-state index contributed by atoms with van der Waals surface area (Å²) in [6, 6.07) is 9.82. The molecule has 2 aromatic rings. The number of halogens is 2. The van der Waals surface area contributed by atoms with E-state index in [1.807, 2.05) is 0 Å². The Labute approximate surface area is 132 Å². The number of allylic oxidation sites excluding steroid dienone is 1. The van der Waals surface area contributed by atoms with E-state index in [0.717, 1.165) is 0 Å². The van der Waals surface area contributed by atoms with Crippen molar-refractivity contribution in [3.8, 4) is 11.5 Å². The van der Waals surface area contributed by atoms with Crippen LogP contribution in [0, 0.1) is 0 Å². The SMILES string of the molecule is COc1cc(/C=C/C(=O)c2cccc(Cl)c2)cc(Cl)c1O. The number of carbonyl (C=O) groups is 1. The smallest absolute Gasteiger partial charge is 0.185 e. The van der Waals surface area contributed by atoms with Crippen LogP contribution in [0.15, 0.2) is 42.5 Å². The second-order valence-electron chi connectivity index (χ2n) is 4.26. The highest BCUT2D eigenvalue weighted by atomic mass is 35.5. The molecule has 1 N–H and O–H groups in total. The molecule has 0 aromatic heterocycles. The minimum Gasteiger partial charge on any atom is -0.503 e. The van der Waals surface area contributed by atoms with Crippen LogP contribution in [0.5, 0.6) is 11.5 Å². The second-order valence-corrected chi connectivity index (χ2v) is 5.11. The normalized spacial score (nSPS) is 10.8. The van der Waals surface area contributed by atoms with Crippen molar-refractivity contribution in [2.24, 2.45) is 0 Å². The molecule has 0 radical (unpaired) electrons. The summed E-state index contributed by atoms with van der Waals surface area (Å²) in [7, 11) is 1.43. The third kappa shape index (κ3) is 3.78. The van der Waals surface area contributed by atoms with Gasteiger partial charge in [0.2, 0.25) is 0 Å². The van der Waals surface area contributed by atoms with Crippen LogP contribution in [-0.2, 0) is 0 Å². The lowest BCUT2D eigenvalue weighted by Gasteiger charge is -2.06. The maximum absolute atomic E-state index is 12.0. The first kappa shape index (κ1) is 15.4. The number of ketones is 1. The number of ether oxygens (including phenoxy) is 1. The van der Waals surface area contributed by atoms with Crippen LogP contribution >= 0.6 is 23.2 Å². The summed E-state index contributed by atoms with van der Waals surface area (Å²) in [5.74, 6) is -0.0597. The van der Waals surface area contributed by atoms with E-state index in [4.69, 9.17) is 27.9 Å². The van der Waals surface area contributed by atoms with Gasteiger partial charge in [0.05, 0.1) is 12.1 Å². The molecule has 0 saturated carbocycles. The van der Waals surface area contributed by atoms with Gasteiger partial charge >= 0.3 is 0 Å². The topological polar surface area (TPSA) is 46.5 Å². The Morgan fingerprint density at radius 2 is 2.00 bits per heavy atom. The van der Waals surface area contributed by atoms with Gasteiger partial charge in [-0.25, -0.2) is 0 Å². The molecule has 0 heterocycles. The highest BCUT2D eigenvalue weighted by Gasteiger charge is 2.08. The summed E-state index contributed by atoms with van der Waals surface area (Å²) >= 11 is 11.7. The molecule has 0 aliphatic rings. The lowest BCUT2D eigenvalue weighted by Crippen LogP contribution is -1.93. The van der Waals surface area contributed by atoms with Crippen molar-refractivity contribution in [1.82, 2.24) is 0 Å². The predicted molar refractivity (Wildman–Crippen MR) is 84.5 cm³/mol. The molecule has 5 heteroatoms.